The minimum atomic E-state index is -0.268. The van der Waals surface area contributed by atoms with Gasteiger partial charge in [-0.15, -0.1) is 0 Å². The highest BCUT2D eigenvalue weighted by Gasteiger charge is 2.14. The van der Waals surface area contributed by atoms with Crippen LogP contribution < -0.4 is 14.8 Å². The summed E-state index contributed by atoms with van der Waals surface area (Å²) >= 11 is 5.47. The fourth-order valence-corrected chi connectivity index (χ4v) is 2.78. The van der Waals surface area contributed by atoms with Crippen molar-refractivity contribution >= 4 is 23.0 Å². The highest BCUT2D eigenvalue weighted by molar-refractivity contribution is 7.80. The summed E-state index contributed by atoms with van der Waals surface area (Å²) in [6.45, 7) is 4.59. The molecule has 0 aromatic heterocycles. The summed E-state index contributed by atoms with van der Waals surface area (Å²) < 4.78 is 24.1. The van der Waals surface area contributed by atoms with Crippen molar-refractivity contribution in [2.75, 3.05) is 25.1 Å². The summed E-state index contributed by atoms with van der Waals surface area (Å²) in [4.78, 5) is 2.03. The van der Waals surface area contributed by atoms with Gasteiger partial charge in [-0.2, -0.15) is 0 Å². The third kappa shape index (κ3) is 3.94. The van der Waals surface area contributed by atoms with Gasteiger partial charge in [-0.25, -0.2) is 4.39 Å². The molecule has 4 nitrogen and oxygen atoms in total. The standard InChI is InChI=1S/C18H19FN2O2S/c1-2-21(18(24)20-15-6-4-14(19)5-7-15)12-13-3-8-16-17(11-13)23-10-9-22-16/h3-8,11H,2,9-10,12H2,1H3,(H,20,24). The van der Waals surface area contributed by atoms with Crippen molar-refractivity contribution < 1.29 is 13.9 Å². The molecule has 2 aromatic carbocycles. The maximum atomic E-state index is 13.0. The number of ether oxygens (including phenoxy) is 2. The Bertz CT molecular complexity index is 721. The molecule has 126 valence electrons. The van der Waals surface area contributed by atoms with Gasteiger partial charge in [0.25, 0.3) is 0 Å². The number of nitrogens with one attached hydrogen (secondary N) is 1. The number of hydrogen-bond acceptors (Lipinski definition) is 3. The molecule has 24 heavy (non-hydrogen) atoms. The van der Waals surface area contributed by atoms with Crippen molar-refractivity contribution in [1.82, 2.24) is 4.90 Å². The van der Waals surface area contributed by atoms with Gasteiger partial charge in [0.05, 0.1) is 0 Å². The lowest BCUT2D eigenvalue weighted by Gasteiger charge is -2.25. The number of anilines is 1. The number of halogens is 1. The van der Waals surface area contributed by atoms with Gasteiger partial charge in [-0.1, -0.05) is 6.07 Å². The molecule has 0 bridgehead atoms. The summed E-state index contributed by atoms with van der Waals surface area (Å²) in [5, 5.41) is 3.73. The Labute approximate surface area is 146 Å². The normalized spacial score (nSPS) is 12.6. The molecular weight excluding hydrogens is 327 g/mol. The Balaban J connectivity index is 1.67. The minimum Gasteiger partial charge on any atom is -0.486 e. The maximum absolute atomic E-state index is 13.0. The van der Waals surface area contributed by atoms with E-state index in [9.17, 15) is 4.39 Å². The quantitative estimate of drug-likeness (QED) is 0.852. The van der Waals surface area contributed by atoms with Crippen molar-refractivity contribution in [3.63, 3.8) is 0 Å². The van der Waals surface area contributed by atoms with Crippen molar-refractivity contribution in [1.29, 1.82) is 0 Å². The first kappa shape index (κ1) is 16.5. The third-order valence-electron chi connectivity index (χ3n) is 3.74. The highest BCUT2D eigenvalue weighted by atomic mass is 32.1. The molecule has 0 radical (unpaired) electrons. The van der Waals surface area contributed by atoms with Crippen LogP contribution in [0.4, 0.5) is 10.1 Å². The molecular formula is C18H19FN2O2S. The predicted molar refractivity (Wildman–Crippen MR) is 96.1 cm³/mol. The second-order valence-electron chi connectivity index (χ2n) is 5.43. The first-order valence-electron chi connectivity index (χ1n) is 7.85. The number of rotatable bonds is 4. The van der Waals surface area contributed by atoms with Crippen molar-refractivity contribution in [3.8, 4) is 11.5 Å². The van der Waals surface area contributed by atoms with Crippen LogP contribution in [0, 0.1) is 5.82 Å². The largest absolute Gasteiger partial charge is 0.486 e. The van der Waals surface area contributed by atoms with Gasteiger partial charge in [0.15, 0.2) is 16.6 Å². The zero-order valence-corrected chi connectivity index (χ0v) is 14.2. The van der Waals surface area contributed by atoms with Gasteiger partial charge in [0, 0.05) is 18.8 Å². The fraction of sp³-hybridized carbons (Fsp3) is 0.278. The van der Waals surface area contributed by atoms with Gasteiger partial charge in [-0.3, -0.25) is 0 Å². The molecule has 0 aliphatic carbocycles. The van der Waals surface area contributed by atoms with E-state index in [1.165, 1.54) is 12.1 Å². The average Bonchev–Trinajstić information content (AvgIpc) is 2.61. The lowest BCUT2D eigenvalue weighted by molar-refractivity contribution is 0.171. The van der Waals surface area contributed by atoms with Crippen molar-refractivity contribution in [2.24, 2.45) is 0 Å². The number of benzene rings is 2. The Morgan fingerprint density at radius 1 is 1.12 bits per heavy atom. The van der Waals surface area contributed by atoms with Crippen LogP contribution in [0.15, 0.2) is 42.5 Å². The minimum absolute atomic E-state index is 0.268. The Kier molecular flexibility index (Phi) is 5.15. The van der Waals surface area contributed by atoms with E-state index in [0.717, 1.165) is 29.3 Å². The van der Waals surface area contributed by atoms with Crippen molar-refractivity contribution in [2.45, 2.75) is 13.5 Å². The third-order valence-corrected chi connectivity index (χ3v) is 4.10. The van der Waals surface area contributed by atoms with E-state index in [1.807, 2.05) is 30.0 Å². The van der Waals surface area contributed by atoms with Gasteiger partial charge in [0.1, 0.15) is 19.0 Å². The molecule has 0 saturated heterocycles. The van der Waals surface area contributed by atoms with Crippen LogP contribution in [0.2, 0.25) is 0 Å². The SMILES string of the molecule is CCN(Cc1ccc2c(c1)OCCO2)C(=S)Nc1ccc(F)cc1. The van der Waals surface area contributed by atoms with Crippen LogP contribution in [0.1, 0.15) is 12.5 Å². The molecule has 0 amide bonds. The molecule has 0 spiro atoms. The second kappa shape index (κ2) is 7.49. The molecule has 6 heteroatoms. The number of hydrogen-bond donors (Lipinski definition) is 1. The lowest BCUT2D eigenvalue weighted by atomic mass is 10.2. The zero-order chi connectivity index (χ0) is 16.9. The maximum Gasteiger partial charge on any atom is 0.173 e. The van der Waals surface area contributed by atoms with Crippen LogP contribution in [0.25, 0.3) is 0 Å². The summed E-state index contributed by atoms with van der Waals surface area (Å²) in [5.74, 6) is 1.28. The highest BCUT2D eigenvalue weighted by Crippen LogP contribution is 2.31. The van der Waals surface area contributed by atoms with Gasteiger partial charge in [0.2, 0.25) is 0 Å². The predicted octanol–water partition coefficient (Wildman–Crippen LogP) is 3.82. The smallest absolute Gasteiger partial charge is 0.173 e. The Morgan fingerprint density at radius 3 is 2.54 bits per heavy atom. The van der Waals surface area contributed by atoms with E-state index >= 15 is 0 Å². The molecule has 1 N–H and O–H groups in total. The van der Waals surface area contributed by atoms with Crippen molar-refractivity contribution in [3.05, 3.63) is 53.8 Å². The summed E-state index contributed by atoms with van der Waals surface area (Å²) in [6, 6.07) is 12.1. The van der Waals surface area contributed by atoms with E-state index in [2.05, 4.69) is 5.32 Å². The molecule has 0 unspecified atom stereocenters. The molecule has 0 atom stereocenters. The topological polar surface area (TPSA) is 33.7 Å². The van der Waals surface area contributed by atoms with E-state index in [4.69, 9.17) is 21.7 Å². The summed E-state index contributed by atoms with van der Waals surface area (Å²) in [5.41, 5.74) is 1.85. The van der Waals surface area contributed by atoms with Crippen LogP contribution in [-0.4, -0.2) is 29.8 Å². The van der Waals surface area contributed by atoms with Crippen LogP contribution in [-0.2, 0) is 6.54 Å². The first-order valence-corrected chi connectivity index (χ1v) is 8.26. The Hall–Kier alpha value is -2.34. The number of fused-ring (bicyclic) bond motifs is 1. The fourth-order valence-electron chi connectivity index (χ4n) is 2.47. The monoisotopic (exact) mass is 346 g/mol. The van der Waals surface area contributed by atoms with E-state index < -0.39 is 0 Å². The van der Waals surface area contributed by atoms with Crippen LogP contribution in [0.3, 0.4) is 0 Å². The molecule has 1 aliphatic heterocycles. The van der Waals surface area contributed by atoms with E-state index in [0.29, 0.717) is 24.9 Å². The van der Waals surface area contributed by atoms with Crippen LogP contribution in [0.5, 0.6) is 11.5 Å². The number of thiocarbonyl (C=S) groups is 1. The van der Waals surface area contributed by atoms with Gasteiger partial charge >= 0.3 is 0 Å². The molecule has 0 saturated carbocycles. The second-order valence-corrected chi connectivity index (χ2v) is 5.82. The molecule has 1 heterocycles. The Morgan fingerprint density at radius 2 is 1.83 bits per heavy atom. The molecule has 1 aliphatic rings. The van der Waals surface area contributed by atoms with E-state index in [-0.39, 0.29) is 5.82 Å². The first-order chi connectivity index (χ1) is 11.7. The molecule has 3 rings (SSSR count). The zero-order valence-electron chi connectivity index (χ0n) is 13.4. The van der Waals surface area contributed by atoms with Crippen LogP contribution >= 0.6 is 12.2 Å². The summed E-state index contributed by atoms with van der Waals surface area (Å²) in [6.07, 6.45) is 0. The van der Waals surface area contributed by atoms with Gasteiger partial charge in [-0.05, 0) is 61.1 Å². The van der Waals surface area contributed by atoms with Gasteiger partial charge < -0.3 is 19.7 Å². The number of nitrogens with zero attached hydrogens (tertiary/aromatic N) is 1. The van der Waals surface area contributed by atoms with E-state index in [1.54, 1.807) is 12.1 Å². The summed E-state index contributed by atoms with van der Waals surface area (Å²) in [7, 11) is 0. The molecule has 0 fully saturated rings. The average molecular weight is 346 g/mol. The lowest BCUT2D eigenvalue weighted by Crippen LogP contribution is -2.34. The molecule has 2 aromatic rings.